The number of carbonyl (C=O) groups is 2. The quantitative estimate of drug-likeness (QED) is 0.454. The molecule has 0 saturated carbocycles. The molecule has 1 atom stereocenters. The summed E-state index contributed by atoms with van der Waals surface area (Å²) >= 11 is -3.07. The molecule has 0 spiro atoms. The Morgan fingerprint density at radius 3 is 2.22 bits per heavy atom. The molecule has 1 aromatic rings. The van der Waals surface area contributed by atoms with Crippen LogP contribution in [-0.4, -0.2) is 33.0 Å². The van der Waals surface area contributed by atoms with Gasteiger partial charge in [0.2, 0.25) is 0 Å². The fourth-order valence-corrected chi connectivity index (χ4v) is 5.21. The number of carbonyl (C=O) groups excluding carboxylic acids is 2. The number of halogens is 1. The zero-order chi connectivity index (χ0) is 17.4. The second-order valence-corrected chi connectivity index (χ2v) is 7.64. The predicted octanol–water partition coefficient (Wildman–Crippen LogP) is 3.01. The Bertz CT molecular complexity index is 531. The molecule has 0 aliphatic carbocycles. The minimum atomic E-state index is -3.07. The average molecular weight is 440 g/mol. The Kier molecular flexibility index (Phi) is 8.28. The molecule has 0 fully saturated rings. The first-order valence-corrected chi connectivity index (χ1v) is 9.60. The molecule has 1 aromatic carbocycles. The molecular formula is C15H21IO7. The van der Waals surface area contributed by atoms with E-state index in [1.165, 1.54) is 21.0 Å². The first-order valence-electron chi connectivity index (χ1n) is 6.76. The van der Waals surface area contributed by atoms with Crippen LogP contribution in [0, 0.1) is 3.57 Å². The van der Waals surface area contributed by atoms with Crippen LogP contribution in [0.3, 0.4) is 0 Å². The Balaban J connectivity index is 3.38. The van der Waals surface area contributed by atoms with Crippen LogP contribution in [0.4, 0.5) is 0 Å². The van der Waals surface area contributed by atoms with Crippen molar-refractivity contribution in [3.05, 3.63) is 27.3 Å². The monoisotopic (exact) mass is 440 g/mol. The van der Waals surface area contributed by atoms with E-state index in [0.29, 0.717) is 9.32 Å². The number of rotatable bonds is 8. The minimum absolute atomic E-state index is 0.0158. The molecule has 0 heterocycles. The van der Waals surface area contributed by atoms with E-state index >= 15 is 0 Å². The van der Waals surface area contributed by atoms with Gasteiger partial charge in [-0.1, -0.05) is 0 Å². The third-order valence-electron chi connectivity index (χ3n) is 2.63. The molecule has 1 rings (SSSR count). The Labute approximate surface area is 143 Å². The van der Waals surface area contributed by atoms with Crippen molar-refractivity contribution in [2.24, 2.45) is 0 Å². The van der Waals surface area contributed by atoms with Gasteiger partial charge in [-0.3, -0.25) is 0 Å². The van der Waals surface area contributed by atoms with Gasteiger partial charge >= 0.3 is 143 Å². The topological polar surface area (TPSA) is 80.3 Å². The predicted molar refractivity (Wildman–Crippen MR) is 90.6 cm³/mol. The van der Waals surface area contributed by atoms with Gasteiger partial charge in [0.1, 0.15) is 0 Å². The number of hydrogen-bond acceptors (Lipinski definition) is 7. The van der Waals surface area contributed by atoms with Crippen molar-refractivity contribution in [1.29, 1.82) is 0 Å². The van der Waals surface area contributed by atoms with E-state index in [0.717, 1.165) is 5.56 Å². The first kappa shape index (κ1) is 19.7. The van der Waals surface area contributed by atoms with Gasteiger partial charge in [0, 0.05) is 0 Å². The third-order valence-corrected chi connectivity index (χ3v) is 6.70. The van der Waals surface area contributed by atoms with E-state index in [-0.39, 0.29) is 12.9 Å². The summed E-state index contributed by atoms with van der Waals surface area (Å²) in [5, 5.41) is 0. The third kappa shape index (κ3) is 5.96. The summed E-state index contributed by atoms with van der Waals surface area (Å²) in [4.78, 5) is 22.8. The molecule has 0 bridgehead atoms. The van der Waals surface area contributed by atoms with E-state index in [1.807, 2.05) is 13.0 Å². The first-order chi connectivity index (χ1) is 10.9. The Morgan fingerprint density at radius 2 is 1.74 bits per heavy atom. The number of methoxy groups -OCH3 is 2. The SMILES string of the molecule is COCOc1cccc([C@H](C)OC)c1I(OC(C)=O)OC(C)=O. The summed E-state index contributed by atoms with van der Waals surface area (Å²) in [6, 6.07) is 5.31. The summed E-state index contributed by atoms with van der Waals surface area (Å²) < 4.78 is 27.0. The van der Waals surface area contributed by atoms with Gasteiger partial charge in [0.25, 0.3) is 0 Å². The van der Waals surface area contributed by atoms with E-state index in [1.54, 1.807) is 19.2 Å². The maximum atomic E-state index is 11.4. The van der Waals surface area contributed by atoms with Crippen LogP contribution in [0.1, 0.15) is 32.4 Å². The molecule has 0 amide bonds. The van der Waals surface area contributed by atoms with Crippen LogP contribution in [0.15, 0.2) is 18.2 Å². The van der Waals surface area contributed by atoms with Crippen LogP contribution in [0.25, 0.3) is 0 Å². The van der Waals surface area contributed by atoms with Crippen molar-refractivity contribution in [3.63, 3.8) is 0 Å². The van der Waals surface area contributed by atoms with Gasteiger partial charge < -0.3 is 0 Å². The number of hydrogen-bond donors (Lipinski definition) is 0. The van der Waals surface area contributed by atoms with Gasteiger partial charge in [-0.15, -0.1) is 0 Å². The second-order valence-electron chi connectivity index (χ2n) is 4.44. The average Bonchev–Trinajstić information content (AvgIpc) is 2.50. The normalized spacial score (nSPS) is 12.3. The van der Waals surface area contributed by atoms with Crippen molar-refractivity contribution in [2.45, 2.75) is 26.9 Å². The van der Waals surface area contributed by atoms with Crippen LogP contribution in [0.5, 0.6) is 5.75 Å². The van der Waals surface area contributed by atoms with E-state index in [4.69, 9.17) is 20.3 Å². The van der Waals surface area contributed by atoms with Crippen LogP contribution >= 0.6 is 20.6 Å². The Hall–Kier alpha value is -1.39. The van der Waals surface area contributed by atoms with Crippen molar-refractivity contribution in [2.75, 3.05) is 21.0 Å². The van der Waals surface area contributed by atoms with Crippen LogP contribution in [0.2, 0.25) is 0 Å². The molecule has 130 valence electrons. The van der Waals surface area contributed by atoms with Gasteiger partial charge in [0.15, 0.2) is 0 Å². The molecule has 0 saturated heterocycles. The van der Waals surface area contributed by atoms with Crippen molar-refractivity contribution in [1.82, 2.24) is 0 Å². The standard InChI is InChI=1S/C15H21IO7/c1-10(20-5)13-7-6-8-14(21-9-19-4)15(13)16(22-11(2)17)23-12(3)18/h6-8,10H,9H2,1-5H3/t10-/m0/s1. The molecule has 0 aromatic heterocycles. The van der Waals surface area contributed by atoms with Crippen molar-refractivity contribution < 1.29 is 29.9 Å². The molecule has 0 unspecified atom stereocenters. The van der Waals surface area contributed by atoms with E-state index < -0.39 is 32.6 Å². The van der Waals surface area contributed by atoms with Gasteiger partial charge in [-0.25, -0.2) is 0 Å². The zero-order valence-electron chi connectivity index (χ0n) is 13.8. The van der Waals surface area contributed by atoms with Crippen LogP contribution < -0.4 is 4.74 Å². The van der Waals surface area contributed by atoms with Crippen molar-refractivity contribution in [3.8, 4) is 5.75 Å². The summed E-state index contributed by atoms with van der Waals surface area (Å²) in [5.41, 5.74) is 0.744. The molecule has 0 radical (unpaired) electrons. The molecule has 8 heteroatoms. The van der Waals surface area contributed by atoms with Gasteiger partial charge in [-0.05, 0) is 0 Å². The van der Waals surface area contributed by atoms with E-state index in [2.05, 4.69) is 0 Å². The molecule has 0 aliphatic heterocycles. The summed E-state index contributed by atoms with van der Waals surface area (Å²) in [7, 11) is 3.06. The fraction of sp³-hybridized carbons (Fsp3) is 0.467. The molecule has 23 heavy (non-hydrogen) atoms. The molecule has 0 aliphatic rings. The number of ether oxygens (including phenoxy) is 3. The van der Waals surface area contributed by atoms with Gasteiger partial charge in [0.05, 0.1) is 0 Å². The molecular weight excluding hydrogens is 419 g/mol. The van der Waals surface area contributed by atoms with Crippen LogP contribution in [-0.2, 0) is 25.2 Å². The number of benzene rings is 1. The molecule has 7 nitrogen and oxygen atoms in total. The summed E-state index contributed by atoms with van der Waals surface area (Å²) in [6.07, 6.45) is -0.290. The van der Waals surface area contributed by atoms with Crippen molar-refractivity contribution >= 4 is 32.6 Å². The maximum absolute atomic E-state index is 11.4. The van der Waals surface area contributed by atoms with E-state index in [9.17, 15) is 9.59 Å². The zero-order valence-corrected chi connectivity index (χ0v) is 15.9. The van der Waals surface area contributed by atoms with Gasteiger partial charge in [-0.2, -0.15) is 0 Å². The molecule has 0 N–H and O–H groups in total. The summed E-state index contributed by atoms with van der Waals surface area (Å²) in [6.45, 7) is 4.40. The fourth-order valence-electron chi connectivity index (χ4n) is 1.66. The Morgan fingerprint density at radius 1 is 1.13 bits per heavy atom. The second kappa shape index (κ2) is 9.68. The summed E-state index contributed by atoms with van der Waals surface area (Å²) in [5.74, 6) is -0.594.